The van der Waals surface area contributed by atoms with Crippen LogP contribution in [-0.2, 0) is 11.3 Å². The second kappa shape index (κ2) is 6.10. The van der Waals surface area contributed by atoms with E-state index in [1.165, 1.54) is 6.42 Å². The summed E-state index contributed by atoms with van der Waals surface area (Å²) in [6.07, 6.45) is 4.52. The van der Waals surface area contributed by atoms with Gasteiger partial charge >= 0.3 is 0 Å². The monoisotopic (exact) mass is 300 g/mol. The molecule has 2 fully saturated rings. The third kappa shape index (κ3) is 2.67. The van der Waals surface area contributed by atoms with Crippen molar-refractivity contribution in [1.29, 1.82) is 0 Å². The average molecular weight is 301 g/mol. The molecule has 6 nitrogen and oxygen atoms in total. The van der Waals surface area contributed by atoms with Gasteiger partial charge in [-0.25, -0.2) is 0 Å². The molecular formula is C13H21ClN4O2. The highest BCUT2D eigenvalue weighted by Crippen LogP contribution is 2.43. The number of hydrogen-bond acceptors (Lipinski definition) is 5. The molecule has 2 aliphatic rings. The highest BCUT2D eigenvalue weighted by atomic mass is 35.5. The number of nitrogens with one attached hydrogen (secondary N) is 2. The van der Waals surface area contributed by atoms with Crippen LogP contribution in [0.1, 0.15) is 37.4 Å². The van der Waals surface area contributed by atoms with Gasteiger partial charge < -0.3 is 15.2 Å². The van der Waals surface area contributed by atoms with Crippen LogP contribution in [0.15, 0.2) is 4.52 Å². The van der Waals surface area contributed by atoms with E-state index in [-0.39, 0.29) is 23.7 Å². The minimum Gasteiger partial charge on any atom is -0.346 e. The fourth-order valence-corrected chi connectivity index (χ4v) is 3.43. The molecule has 1 saturated carbocycles. The highest BCUT2D eigenvalue weighted by molar-refractivity contribution is 5.85. The van der Waals surface area contributed by atoms with E-state index in [4.69, 9.17) is 4.52 Å². The van der Waals surface area contributed by atoms with Gasteiger partial charge in [-0.1, -0.05) is 18.0 Å². The van der Waals surface area contributed by atoms with E-state index in [1.54, 1.807) is 6.92 Å². The quantitative estimate of drug-likeness (QED) is 0.876. The first kappa shape index (κ1) is 15.3. The van der Waals surface area contributed by atoms with Crippen LogP contribution in [0, 0.1) is 18.3 Å². The molecule has 7 heteroatoms. The first-order valence-corrected chi connectivity index (χ1v) is 6.99. The molecule has 0 unspecified atom stereocenters. The third-order valence-electron chi connectivity index (χ3n) is 4.46. The molecule has 2 N–H and O–H groups in total. The Labute approximate surface area is 124 Å². The number of aryl methyl sites for hydroxylation is 1. The Bertz CT molecular complexity index is 479. The van der Waals surface area contributed by atoms with Crippen LogP contribution in [-0.4, -0.2) is 29.1 Å². The molecule has 112 valence electrons. The largest absolute Gasteiger partial charge is 0.346 e. The van der Waals surface area contributed by atoms with Crippen molar-refractivity contribution in [3.05, 3.63) is 11.7 Å². The Kier molecular flexibility index (Phi) is 4.65. The molecule has 0 spiro atoms. The predicted octanol–water partition coefficient (Wildman–Crippen LogP) is 1.20. The van der Waals surface area contributed by atoms with Crippen molar-refractivity contribution in [1.82, 2.24) is 20.8 Å². The lowest BCUT2D eigenvalue weighted by molar-refractivity contribution is -0.134. The summed E-state index contributed by atoms with van der Waals surface area (Å²) in [5.41, 5.74) is -0.215. The summed E-state index contributed by atoms with van der Waals surface area (Å²) in [5, 5.41) is 10.1. The summed E-state index contributed by atoms with van der Waals surface area (Å²) in [5.74, 6) is 1.68. The van der Waals surface area contributed by atoms with Crippen LogP contribution in [0.5, 0.6) is 0 Å². The summed E-state index contributed by atoms with van der Waals surface area (Å²) in [6, 6.07) is 0. The second-order valence-electron chi connectivity index (χ2n) is 5.65. The highest BCUT2D eigenvalue weighted by Gasteiger charge is 2.49. The Hall–Kier alpha value is -1.14. The first-order valence-electron chi connectivity index (χ1n) is 6.99. The summed E-state index contributed by atoms with van der Waals surface area (Å²) in [6.45, 7) is 3.86. The molecule has 3 rings (SSSR count). The van der Waals surface area contributed by atoms with Crippen LogP contribution in [0.3, 0.4) is 0 Å². The van der Waals surface area contributed by atoms with Crippen LogP contribution in [0.2, 0.25) is 0 Å². The molecule has 1 aromatic rings. The van der Waals surface area contributed by atoms with Crippen molar-refractivity contribution in [2.24, 2.45) is 11.3 Å². The summed E-state index contributed by atoms with van der Waals surface area (Å²) < 4.78 is 5.02. The van der Waals surface area contributed by atoms with Gasteiger partial charge in [0.25, 0.3) is 0 Å². The van der Waals surface area contributed by atoms with Crippen LogP contribution in [0.4, 0.5) is 0 Å². The number of hydrogen-bond donors (Lipinski definition) is 2. The number of amides is 1. The fourth-order valence-electron chi connectivity index (χ4n) is 3.43. The van der Waals surface area contributed by atoms with Crippen molar-refractivity contribution >= 4 is 18.3 Å². The third-order valence-corrected chi connectivity index (χ3v) is 4.46. The van der Waals surface area contributed by atoms with Crippen molar-refractivity contribution in [2.45, 2.75) is 39.2 Å². The topological polar surface area (TPSA) is 80.0 Å². The van der Waals surface area contributed by atoms with E-state index in [2.05, 4.69) is 20.8 Å². The minimum atomic E-state index is -0.215. The lowest BCUT2D eigenvalue weighted by Gasteiger charge is -2.36. The molecule has 1 aliphatic heterocycles. The minimum absolute atomic E-state index is 0. The molecule has 2 heterocycles. The lowest BCUT2D eigenvalue weighted by atomic mass is 9.67. The van der Waals surface area contributed by atoms with Gasteiger partial charge in [-0.05, 0) is 32.2 Å². The first-order chi connectivity index (χ1) is 9.21. The van der Waals surface area contributed by atoms with Gasteiger partial charge in [0.05, 0.1) is 12.0 Å². The molecular weight excluding hydrogens is 280 g/mol. The average Bonchev–Trinajstić information content (AvgIpc) is 3.02. The van der Waals surface area contributed by atoms with Gasteiger partial charge in [0.2, 0.25) is 11.8 Å². The number of carbonyl (C=O) groups excluding carboxylic acids is 1. The Balaban J connectivity index is 0.00000147. The summed E-state index contributed by atoms with van der Waals surface area (Å²) in [7, 11) is 0. The van der Waals surface area contributed by atoms with Gasteiger partial charge in [-0.2, -0.15) is 4.98 Å². The normalized spacial score (nSPS) is 28.6. The smallest absolute Gasteiger partial charge is 0.246 e. The lowest BCUT2D eigenvalue weighted by Crippen LogP contribution is -2.47. The van der Waals surface area contributed by atoms with Gasteiger partial charge in [0, 0.05) is 6.54 Å². The Morgan fingerprint density at radius 3 is 3.15 bits per heavy atom. The SMILES string of the molecule is Cc1noc(CNC(=O)[C@@]23CCCC[C@H]2CNC3)n1.Cl. The van der Waals surface area contributed by atoms with E-state index in [0.29, 0.717) is 24.2 Å². The van der Waals surface area contributed by atoms with Gasteiger partial charge in [-0.3, -0.25) is 4.79 Å². The van der Waals surface area contributed by atoms with Crippen molar-refractivity contribution < 1.29 is 9.32 Å². The molecule has 0 aromatic carbocycles. The van der Waals surface area contributed by atoms with Gasteiger partial charge in [0.15, 0.2) is 5.82 Å². The van der Waals surface area contributed by atoms with Gasteiger partial charge in [-0.15, -0.1) is 12.4 Å². The Morgan fingerprint density at radius 1 is 1.55 bits per heavy atom. The van der Waals surface area contributed by atoms with E-state index >= 15 is 0 Å². The number of aromatic nitrogens is 2. The number of rotatable bonds is 3. The molecule has 1 amide bonds. The standard InChI is InChI=1S/C13H20N4O2.ClH/c1-9-16-11(19-17-9)7-15-12(18)13-5-3-2-4-10(13)6-14-8-13;/h10,14H,2-8H2,1H3,(H,15,18);1H/t10-,13+;/m0./s1. The predicted molar refractivity (Wildman–Crippen MR) is 75.4 cm³/mol. The molecule has 1 saturated heterocycles. The van der Waals surface area contributed by atoms with Crippen molar-refractivity contribution in [2.75, 3.05) is 13.1 Å². The summed E-state index contributed by atoms with van der Waals surface area (Å²) in [4.78, 5) is 16.6. The van der Waals surface area contributed by atoms with Crippen LogP contribution in [0.25, 0.3) is 0 Å². The number of nitrogens with zero attached hydrogens (tertiary/aromatic N) is 2. The molecule has 2 atom stereocenters. The van der Waals surface area contributed by atoms with Crippen molar-refractivity contribution in [3.63, 3.8) is 0 Å². The van der Waals surface area contributed by atoms with Gasteiger partial charge in [0.1, 0.15) is 0 Å². The summed E-state index contributed by atoms with van der Waals surface area (Å²) >= 11 is 0. The maximum absolute atomic E-state index is 12.5. The molecule has 1 aromatic heterocycles. The maximum Gasteiger partial charge on any atom is 0.246 e. The van der Waals surface area contributed by atoms with E-state index in [1.807, 2.05) is 0 Å². The Morgan fingerprint density at radius 2 is 2.40 bits per heavy atom. The molecule has 1 aliphatic carbocycles. The number of halogens is 1. The fraction of sp³-hybridized carbons (Fsp3) is 0.769. The van der Waals surface area contributed by atoms with E-state index < -0.39 is 0 Å². The van der Waals surface area contributed by atoms with E-state index in [0.717, 1.165) is 32.4 Å². The zero-order chi connectivity index (χ0) is 13.3. The second-order valence-corrected chi connectivity index (χ2v) is 5.65. The van der Waals surface area contributed by atoms with Crippen LogP contribution >= 0.6 is 12.4 Å². The number of fused-ring (bicyclic) bond motifs is 1. The molecule has 0 radical (unpaired) electrons. The van der Waals surface area contributed by atoms with Crippen molar-refractivity contribution in [3.8, 4) is 0 Å². The molecule has 0 bridgehead atoms. The zero-order valence-corrected chi connectivity index (χ0v) is 12.5. The maximum atomic E-state index is 12.5. The van der Waals surface area contributed by atoms with Crippen LogP contribution < -0.4 is 10.6 Å². The van der Waals surface area contributed by atoms with E-state index in [9.17, 15) is 4.79 Å². The molecule has 20 heavy (non-hydrogen) atoms. The number of carbonyl (C=O) groups is 1. The zero-order valence-electron chi connectivity index (χ0n) is 11.6.